The van der Waals surface area contributed by atoms with Gasteiger partial charge in [-0.3, -0.25) is 4.90 Å². The maximum absolute atomic E-state index is 11.4. The standard InChI is InChI=1S/C15H21N5O3S/c1-23-15-12(4-3-5-17-15)8-19-9-13-6-16-11-20(13)14(10-19)7-18-24(2,21)22/h3-6,11,14,18H,7-10H2,1-2H3. The molecule has 0 saturated heterocycles. The molecule has 3 rings (SSSR count). The van der Waals surface area contributed by atoms with Gasteiger partial charge in [0.15, 0.2) is 0 Å². The molecule has 1 aliphatic heterocycles. The molecule has 0 aliphatic carbocycles. The van der Waals surface area contributed by atoms with E-state index in [4.69, 9.17) is 4.74 Å². The Morgan fingerprint density at radius 1 is 1.46 bits per heavy atom. The van der Waals surface area contributed by atoms with Gasteiger partial charge >= 0.3 is 0 Å². The van der Waals surface area contributed by atoms with Crippen LogP contribution in [0.3, 0.4) is 0 Å². The fourth-order valence-electron chi connectivity index (χ4n) is 2.96. The zero-order valence-corrected chi connectivity index (χ0v) is 14.5. The molecule has 0 radical (unpaired) electrons. The van der Waals surface area contributed by atoms with Gasteiger partial charge in [0.2, 0.25) is 15.9 Å². The summed E-state index contributed by atoms with van der Waals surface area (Å²) in [6.07, 6.45) is 6.45. The molecule has 3 heterocycles. The number of sulfonamides is 1. The number of rotatable bonds is 6. The summed E-state index contributed by atoms with van der Waals surface area (Å²) < 4.78 is 32.8. The number of aromatic nitrogens is 3. The average molecular weight is 351 g/mol. The predicted octanol–water partition coefficient (Wildman–Crippen LogP) is 0.393. The molecular weight excluding hydrogens is 330 g/mol. The molecule has 1 aliphatic rings. The van der Waals surface area contributed by atoms with Crippen molar-refractivity contribution in [1.82, 2.24) is 24.2 Å². The molecule has 2 aromatic rings. The van der Waals surface area contributed by atoms with Gasteiger partial charge in [-0.25, -0.2) is 23.1 Å². The van der Waals surface area contributed by atoms with Crippen LogP contribution in [0, 0.1) is 0 Å². The smallest absolute Gasteiger partial charge is 0.217 e. The quantitative estimate of drug-likeness (QED) is 0.810. The molecule has 0 bridgehead atoms. The highest BCUT2D eigenvalue weighted by atomic mass is 32.2. The Labute approximate surface area is 141 Å². The van der Waals surface area contributed by atoms with Crippen molar-refractivity contribution in [1.29, 1.82) is 0 Å². The topological polar surface area (TPSA) is 89.3 Å². The molecule has 1 unspecified atom stereocenters. The normalized spacial score (nSPS) is 18.3. The van der Waals surface area contributed by atoms with Crippen molar-refractivity contribution < 1.29 is 13.2 Å². The summed E-state index contributed by atoms with van der Waals surface area (Å²) in [7, 11) is -1.62. The number of nitrogens with zero attached hydrogens (tertiary/aromatic N) is 4. The third-order valence-electron chi connectivity index (χ3n) is 4.01. The fourth-order valence-corrected chi connectivity index (χ4v) is 3.46. The SMILES string of the molecule is COc1ncccc1CN1Cc2cncn2C(CNS(C)(=O)=O)C1. The van der Waals surface area contributed by atoms with Gasteiger partial charge in [0.25, 0.3) is 0 Å². The summed E-state index contributed by atoms with van der Waals surface area (Å²) in [6.45, 7) is 2.47. The van der Waals surface area contributed by atoms with Crippen LogP contribution in [-0.4, -0.2) is 54.3 Å². The monoisotopic (exact) mass is 351 g/mol. The number of pyridine rings is 1. The number of nitrogens with one attached hydrogen (secondary N) is 1. The molecule has 0 aromatic carbocycles. The van der Waals surface area contributed by atoms with Crippen molar-refractivity contribution in [3.63, 3.8) is 0 Å². The van der Waals surface area contributed by atoms with Crippen LogP contribution in [0.4, 0.5) is 0 Å². The number of imidazole rings is 1. The Kier molecular flexibility index (Phi) is 4.83. The molecular formula is C15H21N5O3S. The second kappa shape index (κ2) is 6.88. The van der Waals surface area contributed by atoms with Crippen molar-refractivity contribution in [2.45, 2.75) is 19.1 Å². The Morgan fingerprint density at radius 2 is 2.29 bits per heavy atom. The summed E-state index contributed by atoms with van der Waals surface area (Å²) in [5, 5.41) is 0. The second-order valence-corrected chi connectivity index (χ2v) is 7.74. The van der Waals surface area contributed by atoms with Crippen LogP contribution >= 0.6 is 0 Å². The van der Waals surface area contributed by atoms with Gasteiger partial charge in [-0.05, 0) is 6.07 Å². The van der Waals surface area contributed by atoms with Crippen LogP contribution in [0.25, 0.3) is 0 Å². The molecule has 0 fully saturated rings. The van der Waals surface area contributed by atoms with E-state index in [0.717, 1.165) is 17.8 Å². The minimum Gasteiger partial charge on any atom is -0.481 e. The summed E-state index contributed by atoms with van der Waals surface area (Å²) in [5.74, 6) is 0.613. The Balaban J connectivity index is 1.77. The number of hydrogen-bond acceptors (Lipinski definition) is 6. The van der Waals surface area contributed by atoms with Crippen molar-refractivity contribution in [3.05, 3.63) is 42.1 Å². The Bertz CT molecular complexity index is 805. The molecule has 0 saturated carbocycles. The largest absolute Gasteiger partial charge is 0.481 e. The fraction of sp³-hybridized carbons (Fsp3) is 0.467. The summed E-state index contributed by atoms with van der Waals surface area (Å²) in [5.41, 5.74) is 2.06. The van der Waals surface area contributed by atoms with Crippen LogP contribution in [-0.2, 0) is 23.1 Å². The van der Waals surface area contributed by atoms with E-state index in [1.165, 1.54) is 6.26 Å². The maximum atomic E-state index is 11.4. The second-order valence-electron chi connectivity index (χ2n) is 5.91. The van der Waals surface area contributed by atoms with Gasteiger partial charge in [-0.15, -0.1) is 0 Å². The third kappa shape index (κ3) is 3.92. The van der Waals surface area contributed by atoms with Crippen LogP contribution < -0.4 is 9.46 Å². The molecule has 1 N–H and O–H groups in total. The zero-order chi connectivity index (χ0) is 17.2. The minimum atomic E-state index is -3.23. The lowest BCUT2D eigenvalue weighted by Gasteiger charge is -2.34. The lowest BCUT2D eigenvalue weighted by atomic mass is 10.1. The van der Waals surface area contributed by atoms with Gasteiger partial charge in [0.05, 0.1) is 31.4 Å². The van der Waals surface area contributed by atoms with Crippen molar-refractivity contribution >= 4 is 10.0 Å². The maximum Gasteiger partial charge on any atom is 0.217 e. The first-order valence-electron chi connectivity index (χ1n) is 7.62. The van der Waals surface area contributed by atoms with E-state index in [0.29, 0.717) is 25.5 Å². The van der Waals surface area contributed by atoms with Crippen molar-refractivity contribution in [2.75, 3.05) is 26.5 Å². The van der Waals surface area contributed by atoms with E-state index >= 15 is 0 Å². The highest BCUT2D eigenvalue weighted by Gasteiger charge is 2.26. The first-order valence-corrected chi connectivity index (χ1v) is 9.51. The molecule has 2 aromatic heterocycles. The van der Waals surface area contributed by atoms with Gasteiger partial charge in [0.1, 0.15) is 0 Å². The van der Waals surface area contributed by atoms with Crippen LogP contribution in [0.5, 0.6) is 5.88 Å². The van der Waals surface area contributed by atoms with Gasteiger partial charge in [0, 0.05) is 44.1 Å². The molecule has 130 valence electrons. The van der Waals surface area contributed by atoms with Gasteiger partial charge in [-0.2, -0.15) is 0 Å². The highest BCUT2D eigenvalue weighted by molar-refractivity contribution is 7.88. The molecule has 0 spiro atoms. The molecule has 0 amide bonds. The molecule has 24 heavy (non-hydrogen) atoms. The highest BCUT2D eigenvalue weighted by Crippen LogP contribution is 2.24. The van der Waals surface area contributed by atoms with E-state index in [1.54, 1.807) is 19.6 Å². The zero-order valence-electron chi connectivity index (χ0n) is 13.7. The van der Waals surface area contributed by atoms with Crippen LogP contribution in [0.15, 0.2) is 30.9 Å². The summed E-state index contributed by atoms with van der Waals surface area (Å²) in [4.78, 5) is 10.7. The molecule has 8 nitrogen and oxygen atoms in total. The lowest BCUT2D eigenvalue weighted by Crippen LogP contribution is -2.41. The van der Waals surface area contributed by atoms with Crippen molar-refractivity contribution in [2.24, 2.45) is 0 Å². The first-order chi connectivity index (χ1) is 11.5. The first kappa shape index (κ1) is 16.9. The third-order valence-corrected chi connectivity index (χ3v) is 4.70. The number of hydrogen-bond donors (Lipinski definition) is 1. The van der Waals surface area contributed by atoms with E-state index in [9.17, 15) is 8.42 Å². The van der Waals surface area contributed by atoms with Crippen LogP contribution in [0.2, 0.25) is 0 Å². The number of ether oxygens (including phenoxy) is 1. The predicted molar refractivity (Wildman–Crippen MR) is 89.0 cm³/mol. The van der Waals surface area contributed by atoms with E-state index < -0.39 is 10.0 Å². The van der Waals surface area contributed by atoms with E-state index in [2.05, 4.69) is 19.6 Å². The summed E-state index contributed by atoms with van der Waals surface area (Å²) in [6, 6.07) is 3.87. The van der Waals surface area contributed by atoms with E-state index in [1.807, 2.05) is 22.9 Å². The number of methoxy groups -OCH3 is 1. The minimum absolute atomic E-state index is 0.00589. The number of fused-ring (bicyclic) bond motifs is 1. The van der Waals surface area contributed by atoms with Gasteiger partial charge < -0.3 is 9.30 Å². The van der Waals surface area contributed by atoms with E-state index in [-0.39, 0.29) is 6.04 Å². The average Bonchev–Trinajstić information content (AvgIpc) is 3.01. The Hall–Kier alpha value is -1.97. The van der Waals surface area contributed by atoms with Crippen molar-refractivity contribution in [3.8, 4) is 5.88 Å². The Morgan fingerprint density at radius 3 is 3.04 bits per heavy atom. The van der Waals surface area contributed by atoms with Crippen LogP contribution in [0.1, 0.15) is 17.3 Å². The lowest BCUT2D eigenvalue weighted by molar-refractivity contribution is 0.175. The molecule has 1 atom stereocenters. The molecule has 9 heteroatoms. The summed E-state index contributed by atoms with van der Waals surface area (Å²) >= 11 is 0. The van der Waals surface area contributed by atoms with Gasteiger partial charge in [-0.1, -0.05) is 6.07 Å².